The van der Waals surface area contributed by atoms with Gasteiger partial charge in [0.25, 0.3) is 5.91 Å². The number of carbonyl (C=O) groups is 1. The zero-order chi connectivity index (χ0) is 21.5. The van der Waals surface area contributed by atoms with Gasteiger partial charge in [-0.2, -0.15) is 0 Å². The van der Waals surface area contributed by atoms with E-state index in [9.17, 15) is 4.79 Å². The van der Waals surface area contributed by atoms with Crippen molar-refractivity contribution < 1.29 is 14.3 Å². The lowest BCUT2D eigenvalue weighted by Gasteiger charge is -2.21. The molecule has 1 heterocycles. The second-order valence-electron chi connectivity index (χ2n) is 7.08. The molecular weight excluding hydrogens is 408 g/mol. The smallest absolute Gasteiger partial charge is 0.254 e. The largest absolute Gasteiger partial charge is 0.486 e. The first-order valence-corrected chi connectivity index (χ1v) is 11.0. The van der Waals surface area contributed by atoms with E-state index in [0.29, 0.717) is 31.9 Å². The van der Waals surface area contributed by atoms with Crippen LogP contribution in [-0.4, -0.2) is 36.1 Å². The molecule has 0 N–H and O–H groups in total. The van der Waals surface area contributed by atoms with Crippen LogP contribution in [0.1, 0.15) is 21.1 Å². The molecule has 4 rings (SSSR count). The third-order valence-corrected chi connectivity index (χ3v) is 5.80. The van der Waals surface area contributed by atoms with Gasteiger partial charge in [-0.1, -0.05) is 54.6 Å². The summed E-state index contributed by atoms with van der Waals surface area (Å²) in [6.07, 6.45) is 0. The second kappa shape index (κ2) is 10.2. The second-order valence-corrected chi connectivity index (χ2v) is 8.03. The third kappa shape index (κ3) is 5.29. The lowest BCUT2D eigenvalue weighted by atomic mass is 10.1. The van der Waals surface area contributed by atoms with Crippen LogP contribution in [0.4, 0.5) is 0 Å². The van der Waals surface area contributed by atoms with E-state index in [1.54, 1.807) is 23.3 Å². The number of benzene rings is 3. The molecule has 0 aliphatic carbocycles. The van der Waals surface area contributed by atoms with Gasteiger partial charge in [0.05, 0.1) is 18.8 Å². The quantitative estimate of drug-likeness (QED) is 0.366. The van der Waals surface area contributed by atoms with Gasteiger partial charge >= 0.3 is 0 Å². The summed E-state index contributed by atoms with van der Waals surface area (Å²) in [5.74, 6) is 0.815. The number of methoxy groups -OCH3 is 1. The molecular formula is C25H24N2O3S. The number of thiazole rings is 1. The molecule has 0 radical (unpaired) electrons. The Bertz CT molecular complexity index is 1140. The van der Waals surface area contributed by atoms with Gasteiger partial charge in [-0.05, 0) is 23.6 Å². The van der Waals surface area contributed by atoms with E-state index in [2.05, 4.69) is 23.2 Å². The molecule has 0 saturated carbocycles. The summed E-state index contributed by atoms with van der Waals surface area (Å²) in [6.45, 7) is 1.80. The van der Waals surface area contributed by atoms with Gasteiger partial charge in [0, 0.05) is 30.0 Å². The lowest BCUT2D eigenvalue weighted by Crippen LogP contribution is -2.33. The molecule has 6 heteroatoms. The molecule has 158 valence electrons. The maximum Gasteiger partial charge on any atom is 0.254 e. The van der Waals surface area contributed by atoms with E-state index in [1.807, 2.05) is 60.0 Å². The fourth-order valence-electron chi connectivity index (χ4n) is 3.36. The van der Waals surface area contributed by atoms with Gasteiger partial charge in [-0.3, -0.25) is 4.79 Å². The molecule has 0 aliphatic rings. The monoisotopic (exact) mass is 432 g/mol. The van der Waals surface area contributed by atoms with E-state index in [4.69, 9.17) is 9.47 Å². The molecule has 5 nitrogen and oxygen atoms in total. The van der Waals surface area contributed by atoms with Gasteiger partial charge in [0.1, 0.15) is 17.4 Å². The van der Waals surface area contributed by atoms with E-state index in [-0.39, 0.29) is 5.91 Å². The predicted octanol–water partition coefficient (Wildman–Crippen LogP) is 5.16. The number of hydrogen-bond donors (Lipinski definition) is 0. The van der Waals surface area contributed by atoms with Crippen molar-refractivity contribution in [2.45, 2.75) is 13.2 Å². The van der Waals surface area contributed by atoms with E-state index >= 15 is 0 Å². The number of rotatable bonds is 9. The SMILES string of the molecule is COCCN(Cc1csc(COc2cccc3ccccc23)n1)C(=O)c1ccccc1. The molecule has 4 aromatic rings. The van der Waals surface area contributed by atoms with Gasteiger partial charge in [0.15, 0.2) is 0 Å². The Kier molecular flexibility index (Phi) is 6.92. The molecule has 1 amide bonds. The topological polar surface area (TPSA) is 51.7 Å². The number of carbonyl (C=O) groups excluding carboxylic acids is 1. The fourth-order valence-corrected chi connectivity index (χ4v) is 4.06. The van der Waals surface area contributed by atoms with Crippen LogP contribution in [0.25, 0.3) is 10.8 Å². The van der Waals surface area contributed by atoms with Crippen LogP contribution < -0.4 is 4.74 Å². The summed E-state index contributed by atoms with van der Waals surface area (Å²) in [4.78, 5) is 19.4. The van der Waals surface area contributed by atoms with Crippen molar-refractivity contribution in [2.24, 2.45) is 0 Å². The number of ether oxygens (including phenoxy) is 2. The number of nitrogens with zero attached hydrogens (tertiary/aromatic N) is 2. The normalized spacial score (nSPS) is 10.9. The van der Waals surface area contributed by atoms with Crippen LogP contribution in [-0.2, 0) is 17.9 Å². The number of amides is 1. The molecule has 0 saturated heterocycles. The third-order valence-electron chi connectivity index (χ3n) is 4.93. The molecule has 0 bridgehead atoms. The first kappa shape index (κ1) is 21.0. The predicted molar refractivity (Wildman–Crippen MR) is 123 cm³/mol. The van der Waals surface area contributed by atoms with Gasteiger partial charge in [-0.15, -0.1) is 11.3 Å². The van der Waals surface area contributed by atoms with Crippen molar-refractivity contribution >= 4 is 28.0 Å². The Morgan fingerprint density at radius 3 is 2.61 bits per heavy atom. The average molecular weight is 433 g/mol. The van der Waals surface area contributed by atoms with Gasteiger partial charge < -0.3 is 14.4 Å². The Morgan fingerprint density at radius 1 is 1.00 bits per heavy atom. The Morgan fingerprint density at radius 2 is 1.77 bits per heavy atom. The molecule has 0 fully saturated rings. The summed E-state index contributed by atoms with van der Waals surface area (Å²) in [5, 5.41) is 5.09. The fraction of sp³-hybridized carbons (Fsp3) is 0.200. The number of fused-ring (bicyclic) bond motifs is 1. The standard InChI is InChI=1S/C25H24N2O3S/c1-29-15-14-27(25(28)20-9-3-2-4-10-20)16-21-18-31-24(26-21)17-30-23-13-7-11-19-8-5-6-12-22(19)23/h2-13,18H,14-17H2,1H3. The lowest BCUT2D eigenvalue weighted by molar-refractivity contribution is 0.0678. The highest BCUT2D eigenvalue weighted by Crippen LogP contribution is 2.26. The Hall–Kier alpha value is -3.22. The Labute approximate surface area is 185 Å². The minimum Gasteiger partial charge on any atom is -0.486 e. The minimum absolute atomic E-state index is 0.0285. The summed E-state index contributed by atoms with van der Waals surface area (Å²) in [5.41, 5.74) is 1.51. The molecule has 0 aliphatic heterocycles. The van der Waals surface area contributed by atoms with E-state index in [0.717, 1.165) is 27.2 Å². The van der Waals surface area contributed by atoms with Crippen molar-refractivity contribution in [1.29, 1.82) is 0 Å². The van der Waals surface area contributed by atoms with Crippen LogP contribution in [0.15, 0.2) is 78.2 Å². The van der Waals surface area contributed by atoms with Crippen molar-refractivity contribution in [3.05, 3.63) is 94.4 Å². The van der Waals surface area contributed by atoms with Crippen LogP contribution in [0, 0.1) is 0 Å². The highest BCUT2D eigenvalue weighted by Gasteiger charge is 2.17. The van der Waals surface area contributed by atoms with Crippen LogP contribution >= 0.6 is 11.3 Å². The first-order valence-electron chi connectivity index (χ1n) is 10.1. The highest BCUT2D eigenvalue weighted by molar-refractivity contribution is 7.09. The minimum atomic E-state index is -0.0285. The Balaban J connectivity index is 1.43. The van der Waals surface area contributed by atoms with Crippen molar-refractivity contribution in [1.82, 2.24) is 9.88 Å². The van der Waals surface area contributed by atoms with Crippen molar-refractivity contribution in [2.75, 3.05) is 20.3 Å². The maximum atomic E-state index is 12.9. The van der Waals surface area contributed by atoms with Crippen molar-refractivity contribution in [3.63, 3.8) is 0 Å². The summed E-state index contributed by atoms with van der Waals surface area (Å²) >= 11 is 1.54. The molecule has 0 atom stereocenters. The van der Waals surface area contributed by atoms with Gasteiger partial charge in [-0.25, -0.2) is 4.98 Å². The average Bonchev–Trinajstić information content (AvgIpc) is 3.28. The van der Waals surface area contributed by atoms with E-state index < -0.39 is 0 Å². The zero-order valence-corrected chi connectivity index (χ0v) is 18.2. The molecule has 1 aromatic heterocycles. The highest BCUT2D eigenvalue weighted by atomic mass is 32.1. The number of aromatic nitrogens is 1. The zero-order valence-electron chi connectivity index (χ0n) is 17.4. The van der Waals surface area contributed by atoms with Crippen LogP contribution in [0.2, 0.25) is 0 Å². The summed E-state index contributed by atoms with van der Waals surface area (Å²) in [6, 6.07) is 23.5. The summed E-state index contributed by atoms with van der Waals surface area (Å²) in [7, 11) is 1.64. The van der Waals surface area contributed by atoms with Crippen molar-refractivity contribution in [3.8, 4) is 5.75 Å². The molecule has 0 unspecified atom stereocenters. The summed E-state index contributed by atoms with van der Waals surface area (Å²) < 4.78 is 11.2. The molecule has 31 heavy (non-hydrogen) atoms. The number of hydrogen-bond acceptors (Lipinski definition) is 5. The first-order chi connectivity index (χ1) is 15.2. The maximum absolute atomic E-state index is 12.9. The van der Waals surface area contributed by atoms with Gasteiger partial charge in [0.2, 0.25) is 0 Å². The van der Waals surface area contributed by atoms with Crippen LogP contribution in [0.3, 0.4) is 0 Å². The van der Waals surface area contributed by atoms with E-state index in [1.165, 1.54) is 0 Å². The molecule has 3 aromatic carbocycles. The molecule has 0 spiro atoms. The van der Waals surface area contributed by atoms with Crippen LogP contribution in [0.5, 0.6) is 5.75 Å².